The Morgan fingerprint density at radius 3 is 2.71 bits per heavy atom. The van der Waals surface area contributed by atoms with Gasteiger partial charge in [0.25, 0.3) is 5.69 Å². The van der Waals surface area contributed by atoms with E-state index in [1.54, 1.807) is 31.5 Å². The van der Waals surface area contributed by atoms with Crippen LogP contribution < -0.4 is 10.1 Å². The lowest BCUT2D eigenvalue weighted by molar-refractivity contribution is -0.384. The molecule has 0 aliphatic carbocycles. The summed E-state index contributed by atoms with van der Waals surface area (Å²) in [6.07, 6.45) is 1.65. The van der Waals surface area contributed by atoms with Crippen LogP contribution in [0.15, 0.2) is 66.9 Å². The minimum Gasteiger partial charge on any atom is -0.497 e. The molecule has 0 unspecified atom stereocenters. The Hall–Kier alpha value is -4.07. The van der Waals surface area contributed by atoms with Gasteiger partial charge in [-0.25, -0.2) is 15.0 Å². The molecule has 2 aromatic carbocycles. The second-order valence-corrected chi connectivity index (χ2v) is 5.93. The molecule has 28 heavy (non-hydrogen) atoms. The van der Waals surface area contributed by atoms with Gasteiger partial charge in [0.1, 0.15) is 11.6 Å². The fourth-order valence-corrected chi connectivity index (χ4v) is 2.78. The van der Waals surface area contributed by atoms with Crippen LogP contribution >= 0.6 is 0 Å². The lowest BCUT2D eigenvalue weighted by atomic mass is 10.2. The van der Waals surface area contributed by atoms with Crippen molar-refractivity contribution in [2.45, 2.75) is 0 Å². The largest absolute Gasteiger partial charge is 0.497 e. The molecule has 0 saturated carbocycles. The molecule has 0 fully saturated rings. The van der Waals surface area contributed by atoms with Gasteiger partial charge >= 0.3 is 0 Å². The second-order valence-electron chi connectivity index (χ2n) is 5.93. The predicted molar refractivity (Wildman–Crippen MR) is 106 cm³/mol. The molecule has 138 valence electrons. The van der Waals surface area contributed by atoms with E-state index in [2.05, 4.69) is 20.3 Å². The van der Waals surface area contributed by atoms with Crippen LogP contribution in [0.5, 0.6) is 5.75 Å². The van der Waals surface area contributed by atoms with Crippen molar-refractivity contribution >= 4 is 28.2 Å². The first-order valence-corrected chi connectivity index (χ1v) is 8.43. The molecule has 0 saturated heterocycles. The van der Waals surface area contributed by atoms with Crippen molar-refractivity contribution in [3.05, 3.63) is 77.0 Å². The van der Waals surface area contributed by atoms with Gasteiger partial charge in [0.2, 0.25) is 0 Å². The van der Waals surface area contributed by atoms with E-state index in [-0.39, 0.29) is 5.69 Å². The van der Waals surface area contributed by atoms with Crippen molar-refractivity contribution < 1.29 is 9.66 Å². The number of non-ortho nitro benzene ring substituents is 1. The number of ether oxygens (including phenoxy) is 1. The average molecular weight is 373 g/mol. The van der Waals surface area contributed by atoms with Gasteiger partial charge in [0.15, 0.2) is 11.5 Å². The second kappa shape index (κ2) is 7.28. The number of rotatable bonds is 5. The maximum absolute atomic E-state index is 11.0. The van der Waals surface area contributed by atoms with Crippen LogP contribution in [0.4, 0.5) is 17.2 Å². The van der Waals surface area contributed by atoms with E-state index in [4.69, 9.17) is 4.74 Å². The molecule has 0 spiro atoms. The smallest absolute Gasteiger partial charge is 0.271 e. The summed E-state index contributed by atoms with van der Waals surface area (Å²) in [7, 11) is 1.59. The Kier molecular flexibility index (Phi) is 4.51. The number of nitrogens with one attached hydrogen (secondary N) is 1. The van der Waals surface area contributed by atoms with Crippen molar-refractivity contribution in [3.63, 3.8) is 0 Å². The van der Waals surface area contributed by atoms with E-state index in [1.807, 2.05) is 30.3 Å². The summed E-state index contributed by atoms with van der Waals surface area (Å²) in [5, 5.41) is 14.9. The summed E-state index contributed by atoms with van der Waals surface area (Å²) in [5.41, 5.74) is 1.83. The Labute approximate surface area is 160 Å². The zero-order chi connectivity index (χ0) is 19.5. The van der Waals surface area contributed by atoms with Gasteiger partial charge in [-0.1, -0.05) is 18.2 Å². The number of pyridine rings is 1. The Morgan fingerprint density at radius 1 is 1.04 bits per heavy atom. The molecular formula is C20H15N5O3. The zero-order valence-electron chi connectivity index (χ0n) is 14.9. The molecule has 1 N–H and O–H groups in total. The molecule has 4 rings (SSSR count). The molecule has 0 amide bonds. The lowest BCUT2D eigenvalue weighted by Crippen LogP contribution is -2.01. The highest BCUT2D eigenvalue weighted by Crippen LogP contribution is 2.28. The van der Waals surface area contributed by atoms with Crippen molar-refractivity contribution in [3.8, 4) is 17.1 Å². The number of nitro benzene ring substituents is 1. The van der Waals surface area contributed by atoms with E-state index in [0.717, 1.165) is 5.56 Å². The third kappa shape index (κ3) is 3.43. The van der Waals surface area contributed by atoms with Gasteiger partial charge < -0.3 is 10.1 Å². The van der Waals surface area contributed by atoms with E-state index in [1.165, 1.54) is 12.1 Å². The third-order valence-electron chi connectivity index (χ3n) is 4.12. The SMILES string of the molecule is COc1cccc(-c2nc(Nc3cccc([N+](=O)[O-])c3)c3cccnc3n2)c1. The topological polar surface area (TPSA) is 103 Å². The minimum atomic E-state index is -0.438. The van der Waals surface area contributed by atoms with E-state index >= 15 is 0 Å². The predicted octanol–water partition coefficient (Wildman–Crippen LogP) is 4.35. The summed E-state index contributed by atoms with van der Waals surface area (Å²) >= 11 is 0. The first-order valence-electron chi connectivity index (χ1n) is 8.43. The maximum Gasteiger partial charge on any atom is 0.271 e. The summed E-state index contributed by atoms with van der Waals surface area (Å²) in [6.45, 7) is 0. The first kappa shape index (κ1) is 17.3. The van der Waals surface area contributed by atoms with Crippen LogP contribution in [0.25, 0.3) is 22.4 Å². The quantitative estimate of drug-likeness (QED) is 0.410. The Morgan fingerprint density at radius 2 is 1.89 bits per heavy atom. The average Bonchev–Trinajstić information content (AvgIpc) is 2.74. The lowest BCUT2D eigenvalue weighted by Gasteiger charge is -2.11. The highest BCUT2D eigenvalue weighted by Gasteiger charge is 2.12. The van der Waals surface area contributed by atoms with Gasteiger partial charge in [-0.05, 0) is 30.3 Å². The van der Waals surface area contributed by atoms with Crippen molar-refractivity contribution in [1.29, 1.82) is 0 Å². The van der Waals surface area contributed by atoms with Crippen molar-refractivity contribution in [2.24, 2.45) is 0 Å². The highest BCUT2D eigenvalue weighted by molar-refractivity contribution is 5.90. The molecule has 0 aliphatic heterocycles. The molecule has 8 heteroatoms. The number of nitro groups is 1. The van der Waals surface area contributed by atoms with E-state index in [9.17, 15) is 10.1 Å². The Bertz CT molecular complexity index is 1180. The Balaban J connectivity index is 1.83. The van der Waals surface area contributed by atoms with Crippen LogP contribution in [0.2, 0.25) is 0 Å². The summed E-state index contributed by atoms with van der Waals surface area (Å²) in [6, 6.07) is 17.3. The van der Waals surface area contributed by atoms with Crippen LogP contribution in [-0.4, -0.2) is 27.0 Å². The summed E-state index contributed by atoms with van der Waals surface area (Å²) in [5.74, 6) is 1.67. The molecule has 8 nitrogen and oxygen atoms in total. The molecule has 0 bridgehead atoms. The van der Waals surface area contributed by atoms with Crippen molar-refractivity contribution in [2.75, 3.05) is 12.4 Å². The number of methoxy groups -OCH3 is 1. The summed E-state index contributed by atoms with van der Waals surface area (Å²) in [4.78, 5) is 24.1. The van der Waals surface area contributed by atoms with E-state index in [0.29, 0.717) is 34.1 Å². The zero-order valence-corrected chi connectivity index (χ0v) is 14.9. The standard InChI is InChI=1S/C20H15N5O3/c1-28-16-8-2-5-13(11-16)18-23-19-17(9-4-10-21-19)20(24-18)22-14-6-3-7-15(12-14)25(26)27/h2-12H,1H3,(H,21,22,23,24). The number of nitrogens with zero attached hydrogens (tertiary/aromatic N) is 4. The number of hydrogen-bond acceptors (Lipinski definition) is 7. The van der Waals surface area contributed by atoms with Gasteiger partial charge in [-0.15, -0.1) is 0 Å². The molecule has 0 aliphatic rings. The van der Waals surface area contributed by atoms with Gasteiger partial charge in [-0.2, -0.15) is 0 Å². The number of hydrogen-bond donors (Lipinski definition) is 1. The number of anilines is 2. The third-order valence-corrected chi connectivity index (χ3v) is 4.12. The highest BCUT2D eigenvalue weighted by atomic mass is 16.6. The van der Waals surface area contributed by atoms with Gasteiger partial charge in [-0.3, -0.25) is 10.1 Å². The molecule has 2 aromatic heterocycles. The molecule has 0 atom stereocenters. The number of fused-ring (bicyclic) bond motifs is 1. The minimum absolute atomic E-state index is 0.00509. The fourth-order valence-electron chi connectivity index (χ4n) is 2.78. The molecule has 4 aromatic rings. The van der Waals surface area contributed by atoms with Gasteiger partial charge in [0.05, 0.1) is 17.4 Å². The van der Waals surface area contributed by atoms with Crippen LogP contribution in [-0.2, 0) is 0 Å². The molecular weight excluding hydrogens is 358 g/mol. The summed E-state index contributed by atoms with van der Waals surface area (Å²) < 4.78 is 5.27. The van der Waals surface area contributed by atoms with Crippen LogP contribution in [0, 0.1) is 10.1 Å². The van der Waals surface area contributed by atoms with Crippen molar-refractivity contribution in [1.82, 2.24) is 15.0 Å². The van der Waals surface area contributed by atoms with Gasteiger partial charge in [0, 0.05) is 29.6 Å². The molecule has 2 heterocycles. The van der Waals surface area contributed by atoms with E-state index < -0.39 is 4.92 Å². The fraction of sp³-hybridized carbons (Fsp3) is 0.0500. The maximum atomic E-state index is 11.0. The number of benzene rings is 2. The normalized spacial score (nSPS) is 10.6. The first-order chi connectivity index (χ1) is 13.6. The van der Waals surface area contributed by atoms with Crippen LogP contribution in [0.3, 0.4) is 0 Å². The molecule has 0 radical (unpaired) electrons. The van der Waals surface area contributed by atoms with Crippen LogP contribution in [0.1, 0.15) is 0 Å². The monoisotopic (exact) mass is 373 g/mol. The number of aromatic nitrogens is 3.